The molecule has 0 amide bonds. The van der Waals surface area contributed by atoms with Crippen molar-refractivity contribution in [3.8, 4) is 0 Å². The summed E-state index contributed by atoms with van der Waals surface area (Å²) in [6, 6.07) is 0. The molecule has 54 valence electrons. The van der Waals surface area contributed by atoms with Gasteiger partial charge in [0, 0.05) is 24.0 Å². The van der Waals surface area contributed by atoms with Crippen molar-refractivity contribution in [2.24, 2.45) is 5.73 Å². The molecule has 0 radical (unpaired) electrons. The Labute approximate surface area is 57.8 Å². The van der Waals surface area contributed by atoms with E-state index < -0.39 is 0 Å². The lowest BCUT2D eigenvalue weighted by molar-refractivity contribution is 0.701. The van der Waals surface area contributed by atoms with Gasteiger partial charge in [0.15, 0.2) is 0 Å². The Morgan fingerprint density at radius 3 is 3.20 bits per heavy atom. The summed E-state index contributed by atoms with van der Waals surface area (Å²) in [6.07, 6.45) is 3.91. The third-order valence-corrected chi connectivity index (χ3v) is 1.09. The van der Waals surface area contributed by atoms with Crippen molar-refractivity contribution in [2.45, 2.75) is 6.42 Å². The second-order valence-corrected chi connectivity index (χ2v) is 1.94. The summed E-state index contributed by atoms with van der Waals surface area (Å²) >= 11 is 0. The first-order chi connectivity index (χ1) is 4.83. The van der Waals surface area contributed by atoms with Crippen LogP contribution in [0.5, 0.6) is 0 Å². The first kappa shape index (κ1) is 6.80. The predicted octanol–water partition coefficient (Wildman–Crippen LogP) is 0.722. The molecule has 3 nitrogen and oxygen atoms in total. The molecular formula is C6H8FN3. The Balaban J connectivity index is 2.56. The zero-order chi connectivity index (χ0) is 7.40. The molecule has 0 spiro atoms. The summed E-state index contributed by atoms with van der Waals surface area (Å²) in [5, 5.41) is 0. The number of nitrogens with zero attached hydrogens (tertiary/aromatic N) is 1. The molecule has 0 unspecified atom stereocenters. The summed E-state index contributed by atoms with van der Waals surface area (Å²) in [6.45, 7) is 0. The summed E-state index contributed by atoms with van der Waals surface area (Å²) in [4.78, 5) is 6.55. The van der Waals surface area contributed by atoms with Crippen LogP contribution in [-0.2, 0) is 6.42 Å². The highest BCUT2D eigenvalue weighted by Crippen LogP contribution is 1.97. The zero-order valence-corrected chi connectivity index (χ0v) is 5.34. The van der Waals surface area contributed by atoms with E-state index in [2.05, 4.69) is 9.97 Å². The summed E-state index contributed by atoms with van der Waals surface area (Å²) in [5.41, 5.74) is 6.21. The van der Waals surface area contributed by atoms with Crippen LogP contribution in [0.15, 0.2) is 24.6 Å². The van der Waals surface area contributed by atoms with E-state index in [-0.39, 0.29) is 5.70 Å². The van der Waals surface area contributed by atoms with Gasteiger partial charge >= 0.3 is 0 Å². The van der Waals surface area contributed by atoms with Crippen LogP contribution in [0.1, 0.15) is 5.69 Å². The van der Waals surface area contributed by atoms with Crippen LogP contribution in [0, 0.1) is 0 Å². The minimum atomic E-state index is 0.198. The van der Waals surface area contributed by atoms with Crippen LogP contribution >= 0.6 is 0 Å². The van der Waals surface area contributed by atoms with Crippen LogP contribution in [-0.4, -0.2) is 9.97 Å². The van der Waals surface area contributed by atoms with Gasteiger partial charge in [-0.3, -0.25) is 0 Å². The summed E-state index contributed by atoms with van der Waals surface area (Å²) in [7, 11) is 0. The van der Waals surface area contributed by atoms with Crippen LogP contribution in [0.3, 0.4) is 0 Å². The Morgan fingerprint density at radius 1 is 1.90 bits per heavy atom. The number of aromatic nitrogens is 2. The Hall–Kier alpha value is -1.32. The molecular weight excluding hydrogens is 133 g/mol. The molecule has 0 atom stereocenters. The Kier molecular flexibility index (Phi) is 2.04. The van der Waals surface area contributed by atoms with Gasteiger partial charge in [-0.1, -0.05) is 0 Å². The number of nitrogens with two attached hydrogens (primary N) is 1. The number of hydrogen-bond acceptors (Lipinski definition) is 2. The molecule has 3 N–H and O–H groups in total. The fourth-order valence-corrected chi connectivity index (χ4v) is 0.640. The van der Waals surface area contributed by atoms with Crippen molar-refractivity contribution in [3.05, 3.63) is 30.2 Å². The van der Waals surface area contributed by atoms with E-state index in [9.17, 15) is 4.39 Å². The molecule has 0 saturated heterocycles. The van der Waals surface area contributed by atoms with Gasteiger partial charge in [-0.05, 0) is 0 Å². The second-order valence-electron chi connectivity index (χ2n) is 1.94. The molecule has 1 aromatic heterocycles. The topological polar surface area (TPSA) is 54.7 Å². The highest BCUT2D eigenvalue weighted by Gasteiger charge is 1.94. The molecule has 1 rings (SSSR count). The molecule has 0 saturated carbocycles. The number of imidazole rings is 1. The summed E-state index contributed by atoms with van der Waals surface area (Å²) in [5.74, 6) is 0. The number of aromatic amines is 1. The molecule has 4 heteroatoms. The maximum absolute atomic E-state index is 11.7. The molecule has 1 aromatic rings. The maximum atomic E-state index is 11.7. The minimum Gasteiger partial charge on any atom is -0.400 e. The van der Waals surface area contributed by atoms with Gasteiger partial charge in [0.2, 0.25) is 0 Å². The van der Waals surface area contributed by atoms with Crippen molar-refractivity contribution in [2.75, 3.05) is 0 Å². The summed E-state index contributed by atoms with van der Waals surface area (Å²) < 4.78 is 11.7. The van der Waals surface area contributed by atoms with E-state index >= 15 is 0 Å². The highest BCUT2D eigenvalue weighted by atomic mass is 19.1. The van der Waals surface area contributed by atoms with Gasteiger partial charge in [0.25, 0.3) is 0 Å². The quantitative estimate of drug-likeness (QED) is 0.637. The largest absolute Gasteiger partial charge is 0.400 e. The van der Waals surface area contributed by atoms with Crippen LogP contribution in [0.25, 0.3) is 0 Å². The number of halogens is 1. The van der Waals surface area contributed by atoms with E-state index in [0.717, 1.165) is 5.69 Å². The minimum absolute atomic E-state index is 0.198. The Morgan fingerprint density at radius 2 is 2.70 bits per heavy atom. The van der Waals surface area contributed by atoms with Crippen molar-refractivity contribution in [1.29, 1.82) is 0 Å². The SMILES string of the molecule is N/C(=C\F)Cc1cnc[nH]1. The molecule has 0 bridgehead atoms. The smallest absolute Gasteiger partial charge is 0.106 e. The van der Waals surface area contributed by atoms with E-state index in [4.69, 9.17) is 5.73 Å². The molecule has 0 aliphatic rings. The first-order valence-electron chi connectivity index (χ1n) is 2.85. The third kappa shape index (κ3) is 1.58. The number of allylic oxidation sites excluding steroid dienone is 1. The number of hydrogen-bond donors (Lipinski definition) is 2. The standard InChI is InChI=1S/C6H8FN3/c7-2-5(8)1-6-3-9-4-10-6/h2-4H,1,8H2,(H,9,10)/b5-2-. The van der Waals surface area contributed by atoms with Crippen LogP contribution in [0.4, 0.5) is 4.39 Å². The normalized spacial score (nSPS) is 11.9. The fourth-order valence-electron chi connectivity index (χ4n) is 0.640. The molecule has 0 fully saturated rings. The zero-order valence-electron chi connectivity index (χ0n) is 5.34. The van der Waals surface area contributed by atoms with Crippen molar-refractivity contribution in [3.63, 3.8) is 0 Å². The third-order valence-electron chi connectivity index (χ3n) is 1.09. The van der Waals surface area contributed by atoms with Gasteiger partial charge in [-0.15, -0.1) is 0 Å². The van der Waals surface area contributed by atoms with Gasteiger partial charge in [0.05, 0.1) is 6.33 Å². The molecule has 0 aromatic carbocycles. The van der Waals surface area contributed by atoms with Gasteiger partial charge < -0.3 is 10.7 Å². The second kappa shape index (κ2) is 3.00. The van der Waals surface area contributed by atoms with Gasteiger partial charge in [0.1, 0.15) is 6.33 Å². The van der Waals surface area contributed by atoms with Crippen molar-refractivity contribution >= 4 is 0 Å². The van der Waals surface area contributed by atoms with E-state index in [0.29, 0.717) is 12.8 Å². The van der Waals surface area contributed by atoms with Crippen LogP contribution in [0.2, 0.25) is 0 Å². The van der Waals surface area contributed by atoms with E-state index in [1.54, 1.807) is 6.20 Å². The lowest BCUT2D eigenvalue weighted by atomic mass is 10.3. The molecule has 0 aliphatic heterocycles. The van der Waals surface area contributed by atoms with Crippen molar-refractivity contribution in [1.82, 2.24) is 9.97 Å². The molecule has 10 heavy (non-hydrogen) atoms. The predicted molar refractivity (Wildman–Crippen MR) is 35.7 cm³/mol. The van der Waals surface area contributed by atoms with Gasteiger partial charge in [-0.25, -0.2) is 9.37 Å². The van der Waals surface area contributed by atoms with Crippen molar-refractivity contribution < 1.29 is 4.39 Å². The number of H-pyrrole nitrogens is 1. The lowest BCUT2D eigenvalue weighted by Gasteiger charge is -1.93. The molecule has 1 heterocycles. The average molecular weight is 141 g/mol. The number of rotatable bonds is 2. The Bertz CT molecular complexity index is 215. The average Bonchev–Trinajstić information content (AvgIpc) is 2.40. The van der Waals surface area contributed by atoms with E-state index in [1.807, 2.05) is 0 Å². The number of nitrogens with one attached hydrogen (secondary N) is 1. The fraction of sp³-hybridized carbons (Fsp3) is 0.167. The lowest BCUT2D eigenvalue weighted by Crippen LogP contribution is -2.00. The first-order valence-corrected chi connectivity index (χ1v) is 2.85. The van der Waals surface area contributed by atoms with Gasteiger partial charge in [-0.2, -0.15) is 0 Å². The monoisotopic (exact) mass is 141 g/mol. The molecule has 0 aliphatic carbocycles. The van der Waals surface area contributed by atoms with Crippen LogP contribution < -0.4 is 5.73 Å². The maximum Gasteiger partial charge on any atom is 0.106 e. The van der Waals surface area contributed by atoms with E-state index in [1.165, 1.54) is 6.33 Å². The highest BCUT2D eigenvalue weighted by molar-refractivity contribution is 5.06.